The molecule has 0 bridgehead atoms. The average molecular weight is 270 g/mol. The van der Waals surface area contributed by atoms with Crippen LogP contribution in [0.5, 0.6) is 0 Å². The van der Waals surface area contributed by atoms with Crippen molar-refractivity contribution in [3.05, 3.63) is 42.5 Å². The molecule has 1 heterocycles. The summed E-state index contributed by atoms with van der Waals surface area (Å²) in [6.45, 7) is 3.13. The van der Waals surface area contributed by atoms with E-state index in [1.165, 1.54) is 36.9 Å². The van der Waals surface area contributed by atoms with Gasteiger partial charge >= 0.3 is 0 Å². The molecule has 0 radical (unpaired) electrons. The summed E-state index contributed by atoms with van der Waals surface area (Å²) < 4.78 is 1.85. The van der Waals surface area contributed by atoms with Crippen molar-refractivity contribution in [3.8, 4) is 0 Å². The number of aromatic nitrogens is 3. The predicted octanol–water partition coefficient (Wildman–Crippen LogP) is 3.32. The van der Waals surface area contributed by atoms with Gasteiger partial charge in [0.1, 0.15) is 12.7 Å². The van der Waals surface area contributed by atoms with Crippen molar-refractivity contribution in [2.75, 3.05) is 5.32 Å². The lowest BCUT2D eigenvalue weighted by Crippen LogP contribution is -2.25. The van der Waals surface area contributed by atoms with Crippen molar-refractivity contribution in [2.45, 2.75) is 45.2 Å². The first-order valence-electron chi connectivity index (χ1n) is 7.47. The minimum Gasteiger partial charge on any atom is -0.382 e. The van der Waals surface area contributed by atoms with Gasteiger partial charge in [-0.1, -0.05) is 19.1 Å². The molecule has 0 amide bonds. The molecule has 106 valence electrons. The van der Waals surface area contributed by atoms with E-state index in [0.29, 0.717) is 6.04 Å². The lowest BCUT2D eigenvalue weighted by molar-refractivity contribution is 0.361. The highest BCUT2D eigenvalue weighted by Gasteiger charge is 2.17. The molecule has 2 aromatic rings. The summed E-state index contributed by atoms with van der Waals surface area (Å²) in [6.07, 6.45) is 8.59. The Hall–Kier alpha value is -1.84. The van der Waals surface area contributed by atoms with Crippen LogP contribution in [0.2, 0.25) is 0 Å². The molecule has 0 saturated heterocycles. The molecule has 0 spiro atoms. The lowest BCUT2D eigenvalue weighted by atomic mass is 9.87. The van der Waals surface area contributed by atoms with E-state index in [1.807, 2.05) is 4.68 Å². The smallest absolute Gasteiger partial charge is 0.137 e. The maximum Gasteiger partial charge on any atom is 0.137 e. The van der Waals surface area contributed by atoms with Gasteiger partial charge in [0.25, 0.3) is 0 Å². The number of nitrogens with one attached hydrogen (secondary N) is 1. The third kappa shape index (κ3) is 3.38. The molecule has 1 aliphatic carbocycles. The van der Waals surface area contributed by atoms with Crippen molar-refractivity contribution in [1.29, 1.82) is 0 Å². The van der Waals surface area contributed by atoms with Crippen LogP contribution >= 0.6 is 0 Å². The molecule has 1 aromatic carbocycles. The summed E-state index contributed by atoms with van der Waals surface area (Å²) >= 11 is 0. The number of hydrogen-bond donors (Lipinski definition) is 1. The van der Waals surface area contributed by atoms with Crippen LogP contribution in [0.15, 0.2) is 36.9 Å². The Morgan fingerprint density at radius 3 is 2.85 bits per heavy atom. The highest BCUT2D eigenvalue weighted by atomic mass is 15.3. The van der Waals surface area contributed by atoms with Crippen molar-refractivity contribution in [3.63, 3.8) is 0 Å². The second-order valence-corrected chi connectivity index (χ2v) is 5.89. The Balaban J connectivity index is 1.62. The Bertz CT molecular complexity index is 527. The lowest BCUT2D eigenvalue weighted by Gasteiger charge is -2.27. The van der Waals surface area contributed by atoms with Gasteiger partial charge in [-0.15, -0.1) is 0 Å². The van der Waals surface area contributed by atoms with E-state index in [0.717, 1.165) is 12.5 Å². The van der Waals surface area contributed by atoms with Gasteiger partial charge in [-0.3, -0.25) is 0 Å². The topological polar surface area (TPSA) is 42.7 Å². The Kier molecular flexibility index (Phi) is 4.00. The maximum atomic E-state index is 4.15. The van der Waals surface area contributed by atoms with Gasteiger partial charge in [0.2, 0.25) is 0 Å². The summed E-state index contributed by atoms with van der Waals surface area (Å²) in [7, 11) is 0. The van der Waals surface area contributed by atoms with Crippen molar-refractivity contribution in [1.82, 2.24) is 14.8 Å². The molecular formula is C16H22N4. The van der Waals surface area contributed by atoms with E-state index < -0.39 is 0 Å². The second kappa shape index (κ2) is 6.07. The van der Waals surface area contributed by atoms with Crippen molar-refractivity contribution < 1.29 is 0 Å². The zero-order valence-electron chi connectivity index (χ0n) is 12.0. The zero-order valence-corrected chi connectivity index (χ0v) is 12.0. The Morgan fingerprint density at radius 1 is 1.25 bits per heavy atom. The molecule has 0 aliphatic heterocycles. The van der Waals surface area contributed by atoms with E-state index in [4.69, 9.17) is 0 Å². The average Bonchev–Trinajstić information content (AvgIpc) is 2.95. The summed E-state index contributed by atoms with van der Waals surface area (Å²) in [5, 5.41) is 7.83. The van der Waals surface area contributed by atoms with Crippen molar-refractivity contribution >= 4 is 5.69 Å². The van der Waals surface area contributed by atoms with Crippen LogP contribution in [0.4, 0.5) is 5.69 Å². The first-order chi connectivity index (χ1) is 9.79. The van der Waals surface area contributed by atoms with E-state index in [-0.39, 0.29) is 0 Å². The fraction of sp³-hybridized carbons (Fsp3) is 0.500. The molecule has 0 atom stereocenters. The summed E-state index contributed by atoms with van der Waals surface area (Å²) in [5.74, 6) is 0.895. The maximum absolute atomic E-state index is 4.15. The highest BCUT2D eigenvalue weighted by molar-refractivity contribution is 5.46. The van der Waals surface area contributed by atoms with Gasteiger partial charge in [-0.2, -0.15) is 5.10 Å². The Morgan fingerprint density at radius 2 is 2.10 bits per heavy atom. The summed E-state index contributed by atoms with van der Waals surface area (Å²) in [6, 6.07) is 9.26. The third-order valence-corrected chi connectivity index (χ3v) is 4.12. The van der Waals surface area contributed by atoms with E-state index in [9.17, 15) is 0 Å². The van der Waals surface area contributed by atoms with Crippen LogP contribution < -0.4 is 5.32 Å². The Labute approximate surface area is 120 Å². The van der Waals surface area contributed by atoms with E-state index in [2.05, 4.69) is 46.6 Å². The van der Waals surface area contributed by atoms with Crippen LogP contribution in [0.25, 0.3) is 0 Å². The molecule has 3 rings (SSSR count). The quantitative estimate of drug-likeness (QED) is 0.926. The monoisotopic (exact) mass is 270 g/mol. The van der Waals surface area contributed by atoms with E-state index >= 15 is 0 Å². The van der Waals surface area contributed by atoms with Crippen LogP contribution in [0, 0.1) is 5.92 Å². The number of rotatable bonds is 4. The van der Waals surface area contributed by atoms with Gasteiger partial charge in [-0.05, 0) is 49.3 Å². The number of nitrogens with zero attached hydrogens (tertiary/aromatic N) is 3. The molecule has 0 unspecified atom stereocenters. The minimum atomic E-state index is 0.632. The van der Waals surface area contributed by atoms with Gasteiger partial charge < -0.3 is 5.32 Å². The number of benzene rings is 1. The van der Waals surface area contributed by atoms with Gasteiger partial charge in [0, 0.05) is 11.7 Å². The molecule has 1 N–H and O–H groups in total. The highest BCUT2D eigenvalue weighted by Crippen LogP contribution is 2.26. The summed E-state index contributed by atoms with van der Waals surface area (Å²) in [4.78, 5) is 3.98. The van der Waals surface area contributed by atoms with Crippen molar-refractivity contribution in [2.24, 2.45) is 5.92 Å². The van der Waals surface area contributed by atoms with E-state index in [1.54, 1.807) is 12.7 Å². The third-order valence-electron chi connectivity index (χ3n) is 4.12. The number of anilines is 1. The molecule has 4 nitrogen and oxygen atoms in total. The fourth-order valence-corrected chi connectivity index (χ4v) is 2.90. The fourth-order valence-electron chi connectivity index (χ4n) is 2.90. The standard InChI is InChI=1S/C16H22N4/c1-13-5-7-15(8-6-13)19-16-4-2-3-14(9-16)10-20-12-17-11-18-20/h2-4,9,11-13,15,19H,5-8,10H2,1H3. The van der Waals surface area contributed by atoms with Crippen LogP contribution in [-0.2, 0) is 6.54 Å². The van der Waals surface area contributed by atoms with Crippen LogP contribution in [-0.4, -0.2) is 20.8 Å². The SMILES string of the molecule is CC1CCC(Nc2cccc(Cn3cncn3)c2)CC1. The first-order valence-corrected chi connectivity index (χ1v) is 7.47. The van der Waals surface area contributed by atoms with Gasteiger partial charge in [0.15, 0.2) is 0 Å². The second-order valence-electron chi connectivity index (χ2n) is 5.89. The molecule has 1 fully saturated rings. The van der Waals surface area contributed by atoms with Gasteiger partial charge in [0.05, 0.1) is 6.54 Å². The molecular weight excluding hydrogens is 248 g/mol. The molecule has 20 heavy (non-hydrogen) atoms. The predicted molar refractivity (Wildman–Crippen MR) is 80.6 cm³/mol. The zero-order chi connectivity index (χ0) is 13.8. The van der Waals surface area contributed by atoms with Gasteiger partial charge in [-0.25, -0.2) is 9.67 Å². The molecule has 4 heteroatoms. The normalized spacial score (nSPS) is 22.6. The largest absolute Gasteiger partial charge is 0.382 e. The molecule has 1 saturated carbocycles. The number of hydrogen-bond acceptors (Lipinski definition) is 3. The molecule has 1 aromatic heterocycles. The molecule has 1 aliphatic rings. The summed E-state index contributed by atoms with van der Waals surface area (Å²) in [5.41, 5.74) is 2.48. The van der Waals surface area contributed by atoms with Crippen LogP contribution in [0.3, 0.4) is 0 Å². The van der Waals surface area contributed by atoms with Crippen LogP contribution in [0.1, 0.15) is 38.2 Å². The first kappa shape index (κ1) is 13.2. The minimum absolute atomic E-state index is 0.632.